The van der Waals surface area contributed by atoms with Crippen molar-refractivity contribution < 1.29 is 9.53 Å². The van der Waals surface area contributed by atoms with Crippen LogP contribution in [0.4, 0.5) is 0 Å². The lowest BCUT2D eigenvalue weighted by atomic mass is 10.0. The SMILES string of the molecule is CC[C@H]1CCN(Cc2c(C)ccc3c2OCC3=O)C1. The van der Waals surface area contributed by atoms with E-state index in [0.29, 0.717) is 0 Å². The Morgan fingerprint density at radius 1 is 1.42 bits per heavy atom. The fourth-order valence-electron chi connectivity index (χ4n) is 3.14. The van der Waals surface area contributed by atoms with Crippen LogP contribution in [0.3, 0.4) is 0 Å². The van der Waals surface area contributed by atoms with Crippen LogP contribution in [-0.2, 0) is 6.54 Å². The molecule has 1 fully saturated rings. The Kier molecular flexibility index (Phi) is 3.31. The van der Waals surface area contributed by atoms with E-state index in [1.807, 2.05) is 12.1 Å². The van der Waals surface area contributed by atoms with Gasteiger partial charge in [-0.15, -0.1) is 0 Å². The lowest BCUT2D eigenvalue weighted by Crippen LogP contribution is -2.21. The average molecular weight is 259 g/mol. The Balaban J connectivity index is 1.84. The molecule has 0 N–H and O–H groups in total. The van der Waals surface area contributed by atoms with Gasteiger partial charge < -0.3 is 4.74 Å². The topological polar surface area (TPSA) is 29.5 Å². The minimum absolute atomic E-state index is 0.115. The van der Waals surface area contributed by atoms with E-state index in [9.17, 15) is 4.79 Å². The van der Waals surface area contributed by atoms with Crippen molar-refractivity contribution in [1.82, 2.24) is 4.90 Å². The second kappa shape index (κ2) is 4.97. The number of carbonyl (C=O) groups is 1. The molecule has 0 saturated carbocycles. The zero-order valence-electron chi connectivity index (χ0n) is 11.7. The van der Waals surface area contributed by atoms with E-state index in [2.05, 4.69) is 18.7 Å². The Bertz CT molecular complexity index is 510. The van der Waals surface area contributed by atoms with Gasteiger partial charge in [0.2, 0.25) is 5.78 Å². The molecular weight excluding hydrogens is 238 g/mol. The molecule has 0 unspecified atom stereocenters. The molecule has 1 aromatic carbocycles. The second-order valence-corrected chi connectivity index (χ2v) is 5.75. The maximum absolute atomic E-state index is 11.7. The van der Waals surface area contributed by atoms with E-state index >= 15 is 0 Å². The summed E-state index contributed by atoms with van der Waals surface area (Å²) in [7, 11) is 0. The van der Waals surface area contributed by atoms with Gasteiger partial charge in [-0.1, -0.05) is 19.4 Å². The van der Waals surface area contributed by atoms with Crippen molar-refractivity contribution in [2.45, 2.75) is 33.2 Å². The van der Waals surface area contributed by atoms with E-state index in [1.165, 1.54) is 30.5 Å². The number of rotatable bonds is 3. The van der Waals surface area contributed by atoms with Gasteiger partial charge in [0.25, 0.3) is 0 Å². The maximum Gasteiger partial charge on any atom is 0.203 e. The zero-order chi connectivity index (χ0) is 13.4. The van der Waals surface area contributed by atoms with Crippen molar-refractivity contribution in [2.24, 2.45) is 5.92 Å². The molecule has 1 atom stereocenters. The molecule has 2 heterocycles. The van der Waals surface area contributed by atoms with Gasteiger partial charge in [0.1, 0.15) is 5.75 Å². The monoisotopic (exact) mass is 259 g/mol. The fraction of sp³-hybridized carbons (Fsp3) is 0.562. The number of benzene rings is 1. The van der Waals surface area contributed by atoms with Crippen LogP contribution >= 0.6 is 0 Å². The average Bonchev–Trinajstić information content (AvgIpc) is 3.00. The first-order valence-corrected chi connectivity index (χ1v) is 7.20. The van der Waals surface area contributed by atoms with E-state index in [0.717, 1.165) is 30.3 Å². The third kappa shape index (κ3) is 2.27. The Morgan fingerprint density at radius 2 is 2.26 bits per heavy atom. The summed E-state index contributed by atoms with van der Waals surface area (Å²) in [6.45, 7) is 7.84. The molecule has 0 amide bonds. The Hall–Kier alpha value is -1.35. The minimum atomic E-state index is 0.115. The van der Waals surface area contributed by atoms with Crippen LogP contribution in [0.5, 0.6) is 5.75 Å². The summed E-state index contributed by atoms with van der Waals surface area (Å²) in [5.41, 5.74) is 3.21. The molecule has 19 heavy (non-hydrogen) atoms. The first-order valence-electron chi connectivity index (χ1n) is 7.20. The van der Waals surface area contributed by atoms with Crippen LogP contribution in [-0.4, -0.2) is 30.4 Å². The van der Waals surface area contributed by atoms with Crippen molar-refractivity contribution in [2.75, 3.05) is 19.7 Å². The summed E-state index contributed by atoms with van der Waals surface area (Å²) in [6.07, 6.45) is 2.56. The Labute approximate surface area is 114 Å². The number of nitrogens with zero attached hydrogens (tertiary/aromatic N) is 1. The van der Waals surface area contributed by atoms with Gasteiger partial charge in [-0.05, 0) is 37.4 Å². The van der Waals surface area contributed by atoms with Gasteiger partial charge >= 0.3 is 0 Å². The predicted molar refractivity (Wildman–Crippen MR) is 74.7 cm³/mol. The molecule has 0 aliphatic carbocycles. The van der Waals surface area contributed by atoms with Crippen LogP contribution in [0.25, 0.3) is 0 Å². The van der Waals surface area contributed by atoms with Crippen LogP contribution in [0.1, 0.15) is 41.3 Å². The summed E-state index contributed by atoms with van der Waals surface area (Å²) >= 11 is 0. The molecule has 0 radical (unpaired) electrons. The maximum atomic E-state index is 11.7. The van der Waals surface area contributed by atoms with Crippen molar-refractivity contribution in [3.05, 3.63) is 28.8 Å². The highest BCUT2D eigenvalue weighted by atomic mass is 16.5. The summed E-state index contributed by atoms with van der Waals surface area (Å²) in [4.78, 5) is 14.2. The first kappa shape index (κ1) is 12.7. The predicted octanol–water partition coefficient (Wildman–Crippen LogP) is 2.80. The molecule has 3 nitrogen and oxygen atoms in total. The lowest BCUT2D eigenvalue weighted by molar-refractivity contribution is 0.0961. The zero-order valence-corrected chi connectivity index (χ0v) is 11.7. The Morgan fingerprint density at radius 3 is 3.00 bits per heavy atom. The molecule has 0 spiro atoms. The van der Waals surface area contributed by atoms with Gasteiger partial charge in [0.05, 0.1) is 5.56 Å². The van der Waals surface area contributed by atoms with E-state index in [1.54, 1.807) is 0 Å². The number of hydrogen-bond donors (Lipinski definition) is 0. The third-order valence-corrected chi connectivity index (χ3v) is 4.47. The number of ether oxygens (including phenoxy) is 1. The van der Waals surface area contributed by atoms with Crippen molar-refractivity contribution >= 4 is 5.78 Å². The van der Waals surface area contributed by atoms with Crippen LogP contribution < -0.4 is 4.74 Å². The summed E-state index contributed by atoms with van der Waals surface area (Å²) in [5.74, 6) is 1.79. The van der Waals surface area contributed by atoms with Crippen LogP contribution in [0, 0.1) is 12.8 Å². The largest absolute Gasteiger partial charge is 0.484 e. The van der Waals surface area contributed by atoms with Crippen LogP contribution in [0.15, 0.2) is 12.1 Å². The molecule has 3 heteroatoms. The number of carbonyl (C=O) groups excluding carboxylic acids is 1. The second-order valence-electron chi connectivity index (χ2n) is 5.75. The molecule has 0 aromatic heterocycles. The van der Waals surface area contributed by atoms with Gasteiger partial charge in [0.15, 0.2) is 6.61 Å². The molecule has 0 bridgehead atoms. The normalized spacial score (nSPS) is 22.6. The summed E-state index contributed by atoms with van der Waals surface area (Å²) in [6, 6.07) is 3.95. The van der Waals surface area contributed by atoms with Gasteiger partial charge in [-0.2, -0.15) is 0 Å². The van der Waals surface area contributed by atoms with E-state index in [-0.39, 0.29) is 12.4 Å². The van der Waals surface area contributed by atoms with E-state index < -0.39 is 0 Å². The third-order valence-electron chi connectivity index (χ3n) is 4.47. The minimum Gasteiger partial charge on any atom is -0.484 e. The molecule has 2 aliphatic heterocycles. The smallest absolute Gasteiger partial charge is 0.203 e. The van der Waals surface area contributed by atoms with Gasteiger partial charge in [0, 0.05) is 18.7 Å². The van der Waals surface area contributed by atoms with Crippen LogP contribution in [0.2, 0.25) is 0 Å². The molecule has 2 aliphatic rings. The number of Topliss-reactive ketones (excluding diaryl/α,β-unsaturated/α-hetero) is 1. The van der Waals surface area contributed by atoms with Crippen molar-refractivity contribution in [1.29, 1.82) is 0 Å². The fourth-order valence-corrected chi connectivity index (χ4v) is 3.14. The molecular formula is C16H21NO2. The van der Waals surface area contributed by atoms with Gasteiger partial charge in [-0.25, -0.2) is 0 Å². The van der Waals surface area contributed by atoms with E-state index in [4.69, 9.17) is 4.74 Å². The van der Waals surface area contributed by atoms with Gasteiger partial charge in [-0.3, -0.25) is 9.69 Å². The highest BCUT2D eigenvalue weighted by Gasteiger charge is 2.27. The lowest BCUT2D eigenvalue weighted by Gasteiger charge is -2.19. The summed E-state index contributed by atoms with van der Waals surface area (Å²) in [5, 5.41) is 0. The molecule has 1 saturated heterocycles. The standard InChI is InChI=1S/C16H21NO2/c1-3-12-6-7-17(8-12)9-14-11(2)4-5-13-15(18)10-19-16(13)14/h4-5,12H,3,6-10H2,1-2H3/t12-/m0/s1. The number of hydrogen-bond acceptors (Lipinski definition) is 3. The highest BCUT2D eigenvalue weighted by molar-refractivity contribution is 6.02. The number of fused-ring (bicyclic) bond motifs is 1. The number of ketones is 1. The quantitative estimate of drug-likeness (QED) is 0.836. The number of likely N-dealkylation sites (tertiary alicyclic amines) is 1. The number of aryl methyl sites for hydroxylation is 1. The van der Waals surface area contributed by atoms with Crippen molar-refractivity contribution in [3.8, 4) is 5.75 Å². The molecule has 102 valence electrons. The van der Waals surface area contributed by atoms with Crippen molar-refractivity contribution in [3.63, 3.8) is 0 Å². The first-order chi connectivity index (χ1) is 9.19. The summed E-state index contributed by atoms with van der Waals surface area (Å²) < 4.78 is 5.61. The highest BCUT2D eigenvalue weighted by Crippen LogP contribution is 2.34. The molecule has 3 rings (SSSR count). The molecule has 1 aromatic rings.